The number of hydrogen-bond acceptors (Lipinski definition) is 2. The normalized spacial score (nSPS) is 19.0. The summed E-state index contributed by atoms with van der Waals surface area (Å²) < 4.78 is 37.3. The molecule has 1 aliphatic rings. The first kappa shape index (κ1) is 14.8. The van der Waals surface area contributed by atoms with Crippen molar-refractivity contribution in [2.45, 2.75) is 25.6 Å². The second kappa shape index (κ2) is 6.07. The van der Waals surface area contributed by atoms with Crippen molar-refractivity contribution in [2.75, 3.05) is 13.1 Å². The molecule has 1 aromatic heterocycles. The molecule has 6 heteroatoms. The van der Waals surface area contributed by atoms with E-state index in [0.717, 1.165) is 6.54 Å². The summed E-state index contributed by atoms with van der Waals surface area (Å²) in [5.41, 5.74) is 0. The molecule has 1 fully saturated rings. The molecule has 1 saturated heterocycles. The molecule has 0 N–H and O–H groups in total. The Labute approximate surface area is 109 Å². The minimum Gasteiger partial charge on any atom is -0.298 e. The summed E-state index contributed by atoms with van der Waals surface area (Å²) in [6.07, 6.45) is -3.52. The van der Waals surface area contributed by atoms with E-state index in [1.54, 1.807) is 11.3 Å². The molecule has 0 atom stereocenters. The van der Waals surface area contributed by atoms with Crippen LogP contribution >= 0.6 is 23.7 Å². The molecule has 0 amide bonds. The molecule has 0 radical (unpaired) electrons. The van der Waals surface area contributed by atoms with E-state index < -0.39 is 12.1 Å². The molecule has 0 aromatic carbocycles. The Morgan fingerprint density at radius 3 is 2.41 bits per heavy atom. The van der Waals surface area contributed by atoms with Crippen molar-refractivity contribution in [1.29, 1.82) is 0 Å². The summed E-state index contributed by atoms with van der Waals surface area (Å²) >= 11 is 1.66. The molecule has 17 heavy (non-hydrogen) atoms. The topological polar surface area (TPSA) is 3.24 Å². The van der Waals surface area contributed by atoms with Crippen LogP contribution in [0.2, 0.25) is 0 Å². The Balaban J connectivity index is 0.00000144. The van der Waals surface area contributed by atoms with Gasteiger partial charge in [0.05, 0.1) is 5.92 Å². The standard InChI is InChI=1S/C11H14F3NS.ClH/c12-11(13,14)9-3-5-15(6-4-9)8-10-2-1-7-16-10;/h1-2,7,9H,3-6,8H2;1H. The van der Waals surface area contributed by atoms with Gasteiger partial charge in [0, 0.05) is 11.4 Å². The maximum atomic E-state index is 12.4. The fourth-order valence-electron chi connectivity index (χ4n) is 2.04. The Bertz CT molecular complexity index is 318. The highest BCUT2D eigenvalue weighted by Crippen LogP contribution is 2.34. The number of thiophene rings is 1. The zero-order chi connectivity index (χ0) is 11.6. The molecule has 1 aromatic rings. The number of hydrogen-bond donors (Lipinski definition) is 0. The van der Waals surface area contributed by atoms with Gasteiger partial charge in [-0.15, -0.1) is 23.7 Å². The average molecular weight is 286 g/mol. The number of alkyl halides is 3. The third-order valence-electron chi connectivity index (χ3n) is 3.01. The quantitative estimate of drug-likeness (QED) is 0.795. The third kappa shape index (κ3) is 4.16. The highest BCUT2D eigenvalue weighted by Gasteiger charge is 2.40. The summed E-state index contributed by atoms with van der Waals surface area (Å²) in [7, 11) is 0. The van der Waals surface area contributed by atoms with Crippen LogP contribution in [0, 0.1) is 5.92 Å². The first-order chi connectivity index (χ1) is 7.55. The Morgan fingerprint density at radius 2 is 1.94 bits per heavy atom. The van der Waals surface area contributed by atoms with Gasteiger partial charge in [0.2, 0.25) is 0 Å². The van der Waals surface area contributed by atoms with E-state index in [1.165, 1.54) is 4.88 Å². The van der Waals surface area contributed by atoms with Crippen LogP contribution in [-0.2, 0) is 6.54 Å². The second-order valence-electron chi connectivity index (χ2n) is 4.17. The van der Waals surface area contributed by atoms with E-state index in [1.807, 2.05) is 17.5 Å². The number of piperidine rings is 1. The summed E-state index contributed by atoms with van der Waals surface area (Å²) in [6.45, 7) is 1.91. The summed E-state index contributed by atoms with van der Waals surface area (Å²) in [5.74, 6) is -1.09. The molecule has 1 aliphatic heterocycles. The smallest absolute Gasteiger partial charge is 0.298 e. The van der Waals surface area contributed by atoms with Crippen molar-refractivity contribution in [3.05, 3.63) is 22.4 Å². The van der Waals surface area contributed by atoms with E-state index in [2.05, 4.69) is 4.90 Å². The van der Waals surface area contributed by atoms with Gasteiger partial charge in [-0.1, -0.05) is 6.07 Å². The van der Waals surface area contributed by atoms with Crippen LogP contribution in [0.3, 0.4) is 0 Å². The van der Waals surface area contributed by atoms with E-state index >= 15 is 0 Å². The molecular weight excluding hydrogens is 271 g/mol. The van der Waals surface area contributed by atoms with Crippen molar-refractivity contribution in [3.63, 3.8) is 0 Å². The lowest BCUT2D eigenvalue weighted by Gasteiger charge is -2.32. The van der Waals surface area contributed by atoms with E-state index in [9.17, 15) is 13.2 Å². The van der Waals surface area contributed by atoms with Crippen molar-refractivity contribution in [2.24, 2.45) is 5.92 Å². The molecule has 98 valence electrons. The maximum absolute atomic E-state index is 12.4. The van der Waals surface area contributed by atoms with Gasteiger partial charge < -0.3 is 0 Å². The molecule has 0 saturated carbocycles. The van der Waals surface area contributed by atoms with E-state index in [4.69, 9.17) is 0 Å². The number of nitrogens with zero attached hydrogens (tertiary/aromatic N) is 1. The predicted molar refractivity (Wildman–Crippen MR) is 65.6 cm³/mol. The Kier molecular flexibility index (Phi) is 5.28. The molecule has 2 heterocycles. The molecule has 0 unspecified atom stereocenters. The van der Waals surface area contributed by atoms with E-state index in [-0.39, 0.29) is 25.2 Å². The van der Waals surface area contributed by atoms with Gasteiger partial charge in [0.25, 0.3) is 0 Å². The minimum atomic E-state index is -4.00. The van der Waals surface area contributed by atoms with Gasteiger partial charge in [-0.05, 0) is 37.4 Å². The van der Waals surface area contributed by atoms with Crippen molar-refractivity contribution >= 4 is 23.7 Å². The van der Waals surface area contributed by atoms with Gasteiger partial charge in [0.1, 0.15) is 0 Å². The van der Waals surface area contributed by atoms with Gasteiger partial charge in [0.15, 0.2) is 0 Å². The van der Waals surface area contributed by atoms with Crippen molar-refractivity contribution in [1.82, 2.24) is 4.90 Å². The van der Waals surface area contributed by atoms with Crippen LogP contribution < -0.4 is 0 Å². The first-order valence-electron chi connectivity index (χ1n) is 5.37. The van der Waals surface area contributed by atoms with E-state index in [0.29, 0.717) is 13.1 Å². The lowest BCUT2D eigenvalue weighted by atomic mass is 9.96. The second-order valence-corrected chi connectivity index (χ2v) is 5.20. The summed E-state index contributed by atoms with van der Waals surface area (Å²) in [4.78, 5) is 3.33. The SMILES string of the molecule is Cl.FC(F)(F)C1CCN(Cc2cccs2)CC1. The highest BCUT2D eigenvalue weighted by molar-refractivity contribution is 7.09. The van der Waals surface area contributed by atoms with Crippen LogP contribution in [0.1, 0.15) is 17.7 Å². The molecule has 0 bridgehead atoms. The van der Waals surface area contributed by atoms with Crippen LogP contribution in [0.5, 0.6) is 0 Å². The highest BCUT2D eigenvalue weighted by atomic mass is 35.5. The van der Waals surface area contributed by atoms with Gasteiger partial charge in [-0.25, -0.2) is 0 Å². The Morgan fingerprint density at radius 1 is 1.29 bits per heavy atom. The van der Waals surface area contributed by atoms with Crippen LogP contribution in [-0.4, -0.2) is 24.2 Å². The molecule has 0 aliphatic carbocycles. The third-order valence-corrected chi connectivity index (χ3v) is 3.87. The summed E-state index contributed by atoms with van der Waals surface area (Å²) in [6, 6.07) is 4.00. The van der Waals surface area contributed by atoms with Crippen LogP contribution in [0.15, 0.2) is 17.5 Å². The predicted octanol–water partition coefficient (Wildman–Crippen LogP) is 3.94. The number of likely N-dealkylation sites (tertiary alicyclic amines) is 1. The van der Waals surface area contributed by atoms with Crippen LogP contribution in [0.25, 0.3) is 0 Å². The molecular formula is C11H15ClF3NS. The van der Waals surface area contributed by atoms with Gasteiger partial charge in [-0.2, -0.15) is 13.2 Å². The fraction of sp³-hybridized carbons (Fsp3) is 0.636. The monoisotopic (exact) mass is 285 g/mol. The molecule has 0 spiro atoms. The van der Waals surface area contributed by atoms with Crippen molar-refractivity contribution < 1.29 is 13.2 Å². The fourth-order valence-corrected chi connectivity index (χ4v) is 2.79. The zero-order valence-electron chi connectivity index (χ0n) is 9.24. The Hall–Kier alpha value is -0.260. The van der Waals surface area contributed by atoms with Crippen LogP contribution in [0.4, 0.5) is 13.2 Å². The number of rotatable bonds is 2. The summed E-state index contributed by atoms with van der Waals surface area (Å²) in [5, 5.41) is 2.00. The zero-order valence-corrected chi connectivity index (χ0v) is 10.9. The van der Waals surface area contributed by atoms with Gasteiger partial charge >= 0.3 is 6.18 Å². The minimum absolute atomic E-state index is 0. The lowest BCUT2D eigenvalue weighted by Crippen LogP contribution is -2.38. The van der Waals surface area contributed by atoms with Crippen molar-refractivity contribution in [3.8, 4) is 0 Å². The maximum Gasteiger partial charge on any atom is 0.391 e. The largest absolute Gasteiger partial charge is 0.391 e. The molecule has 2 rings (SSSR count). The first-order valence-corrected chi connectivity index (χ1v) is 6.25. The van der Waals surface area contributed by atoms with Gasteiger partial charge in [-0.3, -0.25) is 4.90 Å². The lowest BCUT2D eigenvalue weighted by molar-refractivity contribution is -0.185. The number of halogens is 4. The molecule has 1 nitrogen and oxygen atoms in total. The average Bonchev–Trinajstić information content (AvgIpc) is 2.70.